The summed E-state index contributed by atoms with van der Waals surface area (Å²) in [4.78, 5) is 0.828. The number of aliphatic hydroxyl groups is 1. The monoisotopic (exact) mass is 248 g/mol. The first-order chi connectivity index (χ1) is 5.69. The maximum absolute atomic E-state index is 9.38. The quantitative estimate of drug-likeness (QED) is 0.834. The molecule has 0 spiro atoms. The predicted molar refractivity (Wildman–Crippen MR) is 53.7 cm³/mol. The van der Waals surface area contributed by atoms with E-state index in [2.05, 4.69) is 22.5 Å². The second kappa shape index (κ2) is 4.07. The minimum absolute atomic E-state index is 0.602. The van der Waals surface area contributed by atoms with Gasteiger partial charge in [-0.3, -0.25) is 0 Å². The van der Waals surface area contributed by atoms with Crippen LogP contribution < -0.4 is 4.74 Å². The van der Waals surface area contributed by atoms with Crippen LogP contribution in [0.25, 0.3) is 0 Å². The molecule has 1 aromatic rings. The molecular weight excluding hydrogens is 240 g/mol. The maximum Gasteiger partial charge on any atom is 0.188 e. The summed E-state index contributed by atoms with van der Waals surface area (Å²) in [6.45, 7) is 3.50. The highest BCUT2D eigenvalue weighted by Crippen LogP contribution is 2.37. The Kier molecular flexibility index (Phi) is 3.31. The summed E-state index contributed by atoms with van der Waals surface area (Å²) in [6, 6.07) is 1.83. The molecule has 1 aromatic heterocycles. The first-order valence-electron chi connectivity index (χ1n) is 3.33. The molecule has 1 unspecified atom stereocenters. The van der Waals surface area contributed by atoms with Gasteiger partial charge in [0, 0.05) is 4.88 Å². The molecular formula is C8H9BrO2S. The van der Waals surface area contributed by atoms with Crippen LogP contribution in [0.3, 0.4) is 0 Å². The summed E-state index contributed by atoms with van der Waals surface area (Å²) in [5.74, 6) is 0. The molecule has 0 aromatic carbocycles. The highest BCUT2D eigenvalue weighted by Gasteiger charge is 2.11. The molecule has 0 fully saturated rings. The average molecular weight is 249 g/mol. The second-order valence-electron chi connectivity index (χ2n) is 2.17. The number of halogens is 1. The molecule has 12 heavy (non-hydrogen) atoms. The fourth-order valence-corrected chi connectivity index (χ4v) is 2.42. The molecule has 0 saturated carbocycles. The topological polar surface area (TPSA) is 29.5 Å². The summed E-state index contributed by atoms with van der Waals surface area (Å²) >= 11 is 4.72. The van der Waals surface area contributed by atoms with Gasteiger partial charge in [-0.1, -0.05) is 17.4 Å². The third-order valence-corrected chi connectivity index (χ3v) is 3.39. The third-order valence-electron chi connectivity index (χ3n) is 1.37. The lowest BCUT2D eigenvalue weighted by atomic mass is 10.3. The molecule has 0 aliphatic carbocycles. The van der Waals surface area contributed by atoms with Gasteiger partial charge >= 0.3 is 0 Å². The van der Waals surface area contributed by atoms with Gasteiger partial charge in [-0.15, -0.1) is 6.58 Å². The van der Waals surface area contributed by atoms with Crippen LogP contribution in [-0.4, -0.2) is 12.2 Å². The molecule has 1 rings (SSSR count). The first kappa shape index (κ1) is 9.77. The van der Waals surface area contributed by atoms with Gasteiger partial charge in [-0.25, -0.2) is 0 Å². The van der Waals surface area contributed by atoms with E-state index in [-0.39, 0.29) is 0 Å². The summed E-state index contributed by atoms with van der Waals surface area (Å²) in [5, 5.41) is 10.1. The van der Waals surface area contributed by atoms with Crippen LogP contribution in [0.15, 0.2) is 23.2 Å². The van der Waals surface area contributed by atoms with Gasteiger partial charge in [0.25, 0.3) is 0 Å². The third kappa shape index (κ3) is 1.88. The van der Waals surface area contributed by atoms with E-state index in [4.69, 9.17) is 4.74 Å². The molecule has 66 valence electrons. The summed E-state index contributed by atoms with van der Waals surface area (Å²) < 4.78 is 5.91. The Labute approximate surface area is 83.6 Å². The fraction of sp³-hybridized carbons (Fsp3) is 0.250. The zero-order valence-electron chi connectivity index (χ0n) is 6.58. The second-order valence-corrected chi connectivity index (χ2v) is 4.07. The molecule has 0 aliphatic rings. The number of ether oxygens (including phenoxy) is 1. The lowest BCUT2D eigenvalue weighted by Crippen LogP contribution is -1.85. The van der Waals surface area contributed by atoms with E-state index in [0.29, 0.717) is 0 Å². The van der Waals surface area contributed by atoms with Crippen molar-refractivity contribution < 1.29 is 9.84 Å². The summed E-state index contributed by atoms with van der Waals surface area (Å²) in [7, 11) is 1.60. The maximum atomic E-state index is 9.38. The van der Waals surface area contributed by atoms with Crippen molar-refractivity contribution in [3.05, 3.63) is 28.1 Å². The normalized spacial score (nSPS) is 12.6. The Morgan fingerprint density at radius 3 is 2.92 bits per heavy atom. The standard InChI is InChI=1S/C8H9BrO2S/c1-3-6(10)7-4-5(9)8(11-2)12-7/h3-4,6,10H,1H2,2H3. The number of hydrogen-bond donors (Lipinski definition) is 1. The van der Waals surface area contributed by atoms with Crippen molar-refractivity contribution in [2.45, 2.75) is 6.10 Å². The van der Waals surface area contributed by atoms with Crippen LogP contribution >= 0.6 is 27.3 Å². The van der Waals surface area contributed by atoms with E-state index < -0.39 is 6.10 Å². The Hall–Kier alpha value is -0.320. The SMILES string of the molecule is C=CC(O)c1cc(Br)c(OC)s1. The number of rotatable bonds is 3. The van der Waals surface area contributed by atoms with Crippen molar-refractivity contribution in [1.29, 1.82) is 0 Å². The van der Waals surface area contributed by atoms with E-state index in [1.807, 2.05) is 6.07 Å². The van der Waals surface area contributed by atoms with Gasteiger partial charge in [-0.2, -0.15) is 0 Å². The van der Waals surface area contributed by atoms with Crippen LogP contribution in [0.2, 0.25) is 0 Å². The van der Waals surface area contributed by atoms with Crippen molar-refractivity contribution >= 4 is 27.3 Å². The van der Waals surface area contributed by atoms with Gasteiger partial charge < -0.3 is 9.84 Å². The van der Waals surface area contributed by atoms with E-state index in [1.165, 1.54) is 17.4 Å². The molecule has 1 heterocycles. The molecule has 1 N–H and O–H groups in total. The van der Waals surface area contributed by atoms with Gasteiger partial charge in [0.05, 0.1) is 11.6 Å². The van der Waals surface area contributed by atoms with E-state index in [9.17, 15) is 5.11 Å². The summed E-state index contributed by atoms with van der Waals surface area (Å²) in [6.07, 6.45) is 0.882. The lowest BCUT2D eigenvalue weighted by Gasteiger charge is -1.98. The molecule has 0 bridgehead atoms. The van der Waals surface area contributed by atoms with Crippen molar-refractivity contribution in [3.8, 4) is 5.06 Å². The van der Waals surface area contributed by atoms with Gasteiger partial charge in [0.15, 0.2) is 5.06 Å². The van der Waals surface area contributed by atoms with Gasteiger partial charge in [0.1, 0.15) is 6.10 Å². The summed E-state index contributed by atoms with van der Waals surface area (Å²) in [5.41, 5.74) is 0. The van der Waals surface area contributed by atoms with Crippen LogP contribution in [0.5, 0.6) is 5.06 Å². The van der Waals surface area contributed by atoms with Crippen molar-refractivity contribution in [2.75, 3.05) is 7.11 Å². The van der Waals surface area contributed by atoms with Crippen LogP contribution in [0.1, 0.15) is 11.0 Å². The van der Waals surface area contributed by atoms with E-state index in [1.54, 1.807) is 7.11 Å². The van der Waals surface area contributed by atoms with Crippen LogP contribution in [0.4, 0.5) is 0 Å². The van der Waals surface area contributed by atoms with Crippen molar-refractivity contribution in [2.24, 2.45) is 0 Å². The average Bonchev–Trinajstić information content (AvgIpc) is 2.45. The molecule has 2 nitrogen and oxygen atoms in total. The Morgan fingerprint density at radius 2 is 2.50 bits per heavy atom. The zero-order valence-corrected chi connectivity index (χ0v) is 8.98. The predicted octanol–water partition coefficient (Wildman–Crippen LogP) is 2.74. The minimum Gasteiger partial charge on any atom is -0.486 e. The number of methoxy groups -OCH3 is 1. The van der Waals surface area contributed by atoms with Gasteiger partial charge in [-0.05, 0) is 22.0 Å². The Morgan fingerprint density at radius 1 is 1.83 bits per heavy atom. The van der Waals surface area contributed by atoms with E-state index in [0.717, 1.165) is 14.4 Å². The molecule has 4 heteroatoms. The highest BCUT2D eigenvalue weighted by molar-refractivity contribution is 9.10. The molecule has 1 atom stereocenters. The number of thiophene rings is 1. The fourth-order valence-electron chi connectivity index (χ4n) is 0.770. The number of hydrogen-bond acceptors (Lipinski definition) is 3. The van der Waals surface area contributed by atoms with Crippen LogP contribution in [0, 0.1) is 0 Å². The molecule has 0 amide bonds. The smallest absolute Gasteiger partial charge is 0.188 e. The number of aliphatic hydroxyl groups excluding tert-OH is 1. The largest absolute Gasteiger partial charge is 0.486 e. The van der Waals surface area contributed by atoms with Crippen LogP contribution in [-0.2, 0) is 0 Å². The molecule has 0 saturated heterocycles. The van der Waals surface area contributed by atoms with Crippen molar-refractivity contribution in [1.82, 2.24) is 0 Å². The Bertz CT molecular complexity index is 283. The molecule has 0 aliphatic heterocycles. The molecule has 0 radical (unpaired) electrons. The minimum atomic E-state index is -0.602. The van der Waals surface area contributed by atoms with Gasteiger partial charge in [0.2, 0.25) is 0 Å². The Balaban J connectivity index is 2.95. The van der Waals surface area contributed by atoms with Crippen molar-refractivity contribution in [3.63, 3.8) is 0 Å². The zero-order chi connectivity index (χ0) is 9.14. The van der Waals surface area contributed by atoms with E-state index >= 15 is 0 Å². The highest BCUT2D eigenvalue weighted by atomic mass is 79.9. The first-order valence-corrected chi connectivity index (χ1v) is 4.93. The lowest BCUT2D eigenvalue weighted by molar-refractivity contribution is 0.233.